The smallest absolute Gasteiger partial charge is 0.223 e. The van der Waals surface area contributed by atoms with E-state index < -0.39 is 0 Å². The van der Waals surface area contributed by atoms with Gasteiger partial charge < -0.3 is 4.90 Å². The van der Waals surface area contributed by atoms with Crippen LogP contribution in [0.4, 0.5) is 5.69 Å². The highest BCUT2D eigenvalue weighted by Gasteiger charge is 2.24. The number of benzene rings is 1. The number of fused-ring (bicyclic) bond motifs is 1. The van der Waals surface area contributed by atoms with Crippen LogP contribution >= 0.6 is 15.9 Å². The summed E-state index contributed by atoms with van der Waals surface area (Å²) >= 11 is 3.46. The molecule has 0 aromatic heterocycles. The SMILES string of the molecule is CC(=O)N1CC(C)Cc2cc(Br)ccc21. The minimum atomic E-state index is 0.130. The molecule has 0 saturated heterocycles. The first kappa shape index (κ1) is 10.7. The third-order valence-corrected chi connectivity index (χ3v) is 3.27. The van der Waals surface area contributed by atoms with Gasteiger partial charge in [-0.05, 0) is 36.1 Å². The molecule has 80 valence electrons. The first-order chi connectivity index (χ1) is 7.08. The Bertz CT molecular complexity index is 403. The molecule has 1 aliphatic heterocycles. The van der Waals surface area contributed by atoms with Crippen molar-refractivity contribution in [1.82, 2.24) is 0 Å². The molecule has 1 aromatic carbocycles. The fraction of sp³-hybridized carbons (Fsp3) is 0.417. The lowest BCUT2D eigenvalue weighted by Gasteiger charge is -2.32. The van der Waals surface area contributed by atoms with Crippen molar-refractivity contribution >= 4 is 27.5 Å². The fourth-order valence-electron chi connectivity index (χ4n) is 2.13. The van der Waals surface area contributed by atoms with E-state index in [0.29, 0.717) is 5.92 Å². The highest BCUT2D eigenvalue weighted by Crippen LogP contribution is 2.31. The zero-order valence-electron chi connectivity index (χ0n) is 8.96. The minimum absolute atomic E-state index is 0.130. The summed E-state index contributed by atoms with van der Waals surface area (Å²) in [5, 5.41) is 0. The van der Waals surface area contributed by atoms with Crippen molar-refractivity contribution in [3.63, 3.8) is 0 Å². The molecule has 0 fully saturated rings. The van der Waals surface area contributed by atoms with Gasteiger partial charge in [-0.3, -0.25) is 4.79 Å². The van der Waals surface area contributed by atoms with Gasteiger partial charge in [0, 0.05) is 23.6 Å². The van der Waals surface area contributed by atoms with Crippen LogP contribution in [0.2, 0.25) is 0 Å². The van der Waals surface area contributed by atoms with Gasteiger partial charge in [-0.2, -0.15) is 0 Å². The molecule has 1 amide bonds. The molecule has 2 nitrogen and oxygen atoms in total. The summed E-state index contributed by atoms with van der Waals surface area (Å²) in [6, 6.07) is 6.12. The van der Waals surface area contributed by atoms with Crippen LogP contribution in [-0.4, -0.2) is 12.5 Å². The van der Waals surface area contributed by atoms with E-state index in [1.54, 1.807) is 6.92 Å². The summed E-state index contributed by atoms with van der Waals surface area (Å²) < 4.78 is 1.08. The third-order valence-electron chi connectivity index (χ3n) is 2.78. The highest BCUT2D eigenvalue weighted by molar-refractivity contribution is 9.10. The quantitative estimate of drug-likeness (QED) is 0.708. The molecule has 0 saturated carbocycles. The largest absolute Gasteiger partial charge is 0.312 e. The molecule has 1 heterocycles. The summed E-state index contributed by atoms with van der Waals surface area (Å²) in [5.74, 6) is 0.667. The standard InChI is InChI=1S/C12H14BrNO/c1-8-5-10-6-11(13)3-4-12(10)14(7-8)9(2)15/h3-4,6,8H,5,7H2,1-2H3. The van der Waals surface area contributed by atoms with Crippen molar-refractivity contribution in [3.8, 4) is 0 Å². The first-order valence-corrected chi connectivity index (χ1v) is 5.93. The molecule has 0 radical (unpaired) electrons. The van der Waals surface area contributed by atoms with E-state index in [2.05, 4.69) is 28.9 Å². The Balaban J connectivity index is 2.46. The van der Waals surface area contributed by atoms with Gasteiger partial charge in [0.05, 0.1) is 0 Å². The predicted molar refractivity (Wildman–Crippen MR) is 65.0 cm³/mol. The summed E-state index contributed by atoms with van der Waals surface area (Å²) in [4.78, 5) is 13.4. The van der Waals surface area contributed by atoms with Gasteiger partial charge in [-0.15, -0.1) is 0 Å². The van der Waals surface area contributed by atoms with Gasteiger partial charge in [0.25, 0.3) is 0 Å². The number of rotatable bonds is 0. The van der Waals surface area contributed by atoms with Gasteiger partial charge in [0.2, 0.25) is 5.91 Å². The zero-order valence-corrected chi connectivity index (χ0v) is 10.5. The van der Waals surface area contributed by atoms with Crippen molar-refractivity contribution in [2.75, 3.05) is 11.4 Å². The van der Waals surface area contributed by atoms with Gasteiger partial charge in [0.15, 0.2) is 0 Å². The van der Waals surface area contributed by atoms with Gasteiger partial charge >= 0.3 is 0 Å². The summed E-state index contributed by atoms with van der Waals surface area (Å²) in [6.45, 7) is 4.65. The zero-order chi connectivity index (χ0) is 11.0. The molecule has 2 rings (SSSR count). The predicted octanol–water partition coefficient (Wildman–Crippen LogP) is 2.99. The maximum atomic E-state index is 11.5. The topological polar surface area (TPSA) is 20.3 Å². The molecular weight excluding hydrogens is 254 g/mol. The number of halogens is 1. The number of carbonyl (C=O) groups is 1. The van der Waals surface area contributed by atoms with E-state index in [1.165, 1.54) is 5.56 Å². The second kappa shape index (κ2) is 3.97. The average Bonchev–Trinajstić information content (AvgIpc) is 2.15. The molecule has 1 aromatic rings. The fourth-order valence-corrected chi connectivity index (χ4v) is 2.54. The number of carbonyl (C=O) groups excluding carboxylic acids is 1. The maximum absolute atomic E-state index is 11.5. The lowest BCUT2D eigenvalue weighted by Crippen LogP contribution is -2.37. The van der Waals surface area contributed by atoms with Crippen molar-refractivity contribution in [2.45, 2.75) is 20.3 Å². The highest BCUT2D eigenvalue weighted by atomic mass is 79.9. The van der Waals surface area contributed by atoms with Gasteiger partial charge in [0.1, 0.15) is 0 Å². The summed E-state index contributed by atoms with van der Waals surface area (Å²) in [7, 11) is 0. The normalized spacial score (nSPS) is 19.9. The molecular formula is C12H14BrNO. The Morgan fingerprint density at radius 3 is 2.93 bits per heavy atom. The van der Waals surface area contributed by atoms with Gasteiger partial charge in [-0.25, -0.2) is 0 Å². The van der Waals surface area contributed by atoms with Crippen molar-refractivity contribution in [1.29, 1.82) is 0 Å². The molecule has 0 N–H and O–H groups in total. The molecule has 1 unspecified atom stereocenters. The van der Waals surface area contributed by atoms with Crippen LogP contribution in [0.3, 0.4) is 0 Å². The van der Waals surface area contributed by atoms with Crippen LogP contribution in [0.25, 0.3) is 0 Å². The summed E-state index contributed by atoms with van der Waals surface area (Å²) in [6.07, 6.45) is 1.05. The molecule has 1 atom stereocenters. The Kier molecular flexibility index (Phi) is 2.83. The lowest BCUT2D eigenvalue weighted by molar-refractivity contribution is -0.116. The van der Waals surface area contributed by atoms with Crippen LogP contribution < -0.4 is 4.90 Å². The van der Waals surface area contributed by atoms with Crippen molar-refractivity contribution < 1.29 is 4.79 Å². The van der Waals surface area contributed by atoms with Gasteiger partial charge in [-0.1, -0.05) is 22.9 Å². The van der Waals surface area contributed by atoms with Crippen LogP contribution in [0.15, 0.2) is 22.7 Å². The number of hydrogen-bond acceptors (Lipinski definition) is 1. The second-order valence-corrected chi connectivity index (χ2v) is 5.13. The minimum Gasteiger partial charge on any atom is -0.312 e. The van der Waals surface area contributed by atoms with E-state index in [4.69, 9.17) is 0 Å². The van der Waals surface area contributed by atoms with E-state index in [0.717, 1.165) is 23.1 Å². The van der Waals surface area contributed by atoms with Crippen molar-refractivity contribution in [3.05, 3.63) is 28.2 Å². The molecule has 15 heavy (non-hydrogen) atoms. The lowest BCUT2D eigenvalue weighted by atomic mass is 9.94. The number of nitrogens with zero attached hydrogens (tertiary/aromatic N) is 1. The summed E-state index contributed by atoms with van der Waals surface area (Å²) in [5.41, 5.74) is 2.34. The van der Waals surface area contributed by atoms with Crippen LogP contribution in [0, 0.1) is 5.92 Å². The maximum Gasteiger partial charge on any atom is 0.223 e. The van der Waals surface area contributed by atoms with E-state index in [-0.39, 0.29) is 5.91 Å². The van der Waals surface area contributed by atoms with E-state index >= 15 is 0 Å². The van der Waals surface area contributed by atoms with Crippen LogP contribution in [-0.2, 0) is 11.2 Å². The molecule has 0 aliphatic carbocycles. The number of anilines is 1. The Morgan fingerprint density at radius 2 is 2.27 bits per heavy atom. The monoisotopic (exact) mass is 267 g/mol. The van der Waals surface area contributed by atoms with Crippen LogP contribution in [0.1, 0.15) is 19.4 Å². The Hall–Kier alpha value is -0.830. The molecule has 3 heteroatoms. The number of hydrogen-bond donors (Lipinski definition) is 0. The average molecular weight is 268 g/mol. The van der Waals surface area contributed by atoms with E-state index in [9.17, 15) is 4.79 Å². The Morgan fingerprint density at radius 1 is 1.53 bits per heavy atom. The Labute approximate surface area is 98.4 Å². The number of amides is 1. The van der Waals surface area contributed by atoms with E-state index in [1.807, 2.05) is 17.0 Å². The molecule has 1 aliphatic rings. The van der Waals surface area contributed by atoms with Crippen LogP contribution in [0.5, 0.6) is 0 Å². The van der Waals surface area contributed by atoms with Crippen molar-refractivity contribution in [2.24, 2.45) is 5.92 Å². The third kappa shape index (κ3) is 2.07. The second-order valence-electron chi connectivity index (χ2n) is 4.21. The molecule has 0 bridgehead atoms. The first-order valence-electron chi connectivity index (χ1n) is 5.14. The molecule has 0 spiro atoms.